The number of carbonyl (C=O) groups is 2. The molecular weight excluding hydrogens is 320 g/mol. The zero-order valence-corrected chi connectivity index (χ0v) is 15.3. The van der Waals surface area contributed by atoms with E-state index in [1.54, 1.807) is 24.4 Å². The van der Waals surface area contributed by atoms with Crippen LogP contribution in [0.5, 0.6) is 0 Å². The third kappa shape index (κ3) is 4.07. The van der Waals surface area contributed by atoms with Crippen molar-refractivity contribution in [1.29, 1.82) is 0 Å². The standard InChI is InChI=1S/C19H24N2O4/c1-6-15(16(22)20-19(2,3)4)21-10-9-12-7-8-13(18(24)25-5)11-14(12)17(21)23/h7-11,15H,6H2,1-5H3,(H,20,22). The molecule has 0 saturated carbocycles. The van der Waals surface area contributed by atoms with E-state index in [0.717, 1.165) is 0 Å². The van der Waals surface area contributed by atoms with E-state index in [2.05, 4.69) is 5.32 Å². The summed E-state index contributed by atoms with van der Waals surface area (Å²) < 4.78 is 6.13. The number of hydrogen-bond donors (Lipinski definition) is 1. The SMILES string of the molecule is CCC(C(=O)NC(C)(C)C)n1ccc2ccc(C(=O)OC)cc2c1=O. The highest BCUT2D eigenvalue weighted by atomic mass is 16.5. The van der Waals surface area contributed by atoms with Gasteiger partial charge in [0.1, 0.15) is 6.04 Å². The van der Waals surface area contributed by atoms with Crippen LogP contribution in [-0.4, -0.2) is 29.1 Å². The average molecular weight is 344 g/mol. The second-order valence-electron chi connectivity index (χ2n) is 6.99. The Morgan fingerprint density at radius 2 is 1.92 bits per heavy atom. The molecule has 1 atom stereocenters. The molecule has 134 valence electrons. The lowest BCUT2D eigenvalue weighted by Gasteiger charge is -2.25. The predicted molar refractivity (Wildman–Crippen MR) is 96.8 cm³/mol. The first-order chi connectivity index (χ1) is 11.7. The summed E-state index contributed by atoms with van der Waals surface area (Å²) in [6.07, 6.45) is 2.10. The van der Waals surface area contributed by atoms with E-state index < -0.39 is 12.0 Å². The summed E-state index contributed by atoms with van der Waals surface area (Å²) in [6, 6.07) is 5.97. The molecule has 1 N–H and O–H groups in total. The van der Waals surface area contributed by atoms with Crippen molar-refractivity contribution in [1.82, 2.24) is 9.88 Å². The number of rotatable bonds is 4. The van der Waals surface area contributed by atoms with Gasteiger partial charge in [-0.25, -0.2) is 4.79 Å². The van der Waals surface area contributed by atoms with E-state index in [1.165, 1.54) is 17.7 Å². The smallest absolute Gasteiger partial charge is 0.337 e. The van der Waals surface area contributed by atoms with Crippen LogP contribution in [-0.2, 0) is 9.53 Å². The molecule has 2 rings (SSSR count). The van der Waals surface area contributed by atoms with Crippen molar-refractivity contribution in [2.45, 2.75) is 45.7 Å². The minimum absolute atomic E-state index is 0.208. The van der Waals surface area contributed by atoms with Gasteiger partial charge in [-0.15, -0.1) is 0 Å². The third-order valence-corrected chi connectivity index (χ3v) is 3.88. The highest BCUT2D eigenvalue weighted by Crippen LogP contribution is 2.17. The Kier molecular flexibility index (Phi) is 5.30. The van der Waals surface area contributed by atoms with Crippen molar-refractivity contribution in [3.63, 3.8) is 0 Å². The van der Waals surface area contributed by atoms with E-state index in [0.29, 0.717) is 22.8 Å². The lowest BCUT2D eigenvalue weighted by Crippen LogP contribution is -2.45. The van der Waals surface area contributed by atoms with Crippen molar-refractivity contribution < 1.29 is 14.3 Å². The molecule has 0 aliphatic rings. The Labute approximate surface area is 146 Å². The molecule has 1 heterocycles. The first-order valence-corrected chi connectivity index (χ1v) is 8.23. The molecule has 2 aromatic rings. The first-order valence-electron chi connectivity index (χ1n) is 8.23. The molecule has 6 heteroatoms. The average Bonchev–Trinajstić information content (AvgIpc) is 2.55. The summed E-state index contributed by atoms with van der Waals surface area (Å²) in [5.41, 5.74) is -0.389. The van der Waals surface area contributed by atoms with Crippen molar-refractivity contribution in [2.24, 2.45) is 0 Å². The molecular formula is C19H24N2O4. The highest BCUT2D eigenvalue weighted by molar-refractivity contribution is 5.95. The predicted octanol–water partition coefficient (Wildman–Crippen LogP) is 2.65. The minimum atomic E-state index is -0.613. The maximum atomic E-state index is 12.9. The maximum Gasteiger partial charge on any atom is 0.337 e. The van der Waals surface area contributed by atoms with E-state index in [4.69, 9.17) is 4.74 Å². The van der Waals surface area contributed by atoms with Crippen molar-refractivity contribution >= 4 is 22.6 Å². The van der Waals surface area contributed by atoms with Crippen molar-refractivity contribution in [3.05, 3.63) is 46.4 Å². The number of benzene rings is 1. The van der Waals surface area contributed by atoms with Gasteiger partial charge in [0.05, 0.1) is 12.7 Å². The Balaban J connectivity index is 2.53. The number of esters is 1. The summed E-state index contributed by atoms with van der Waals surface area (Å²) in [5.74, 6) is -0.713. The number of pyridine rings is 1. The van der Waals surface area contributed by atoms with Crippen LogP contribution in [0.2, 0.25) is 0 Å². The summed E-state index contributed by atoms with van der Waals surface area (Å²) in [4.78, 5) is 37.2. The summed E-state index contributed by atoms with van der Waals surface area (Å²) in [6.45, 7) is 7.53. The normalized spacial score (nSPS) is 12.7. The second kappa shape index (κ2) is 7.09. The van der Waals surface area contributed by atoms with Crippen LogP contribution in [0.15, 0.2) is 35.3 Å². The number of methoxy groups -OCH3 is 1. The van der Waals surface area contributed by atoms with Crippen molar-refractivity contribution in [3.8, 4) is 0 Å². The summed E-state index contributed by atoms with van der Waals surface area (Å²) in [7, 11) is 1.29. The van der Waals surface area contributed by atoms with Gasteiger partial charge in [0, 0.05) is 17.1 Å². The lowest BCUT2D eigenvalue weighted by atomic mass is 10.1. The monoisotopic (exact) mass is 344 g/mol. The molecule has 1 aromatic carbocycles. The molecule has 0 aliphatic carbocycles. The second-order valence-corrected chi connectivity index (χ2v) is 6.99. The Morgan fingerprint density at radius 3 is 2.48 bits per heavy atom. The van der Waals surface area contributed by atoms with Gasteiger partial charge >= 0.3 is 5.97 Å². The largest absolute Gasteiger partial charge is 0.465 e. The number of ether oxygens (including phenoxy) is 1. The number of nitrogens with zero attached hydrogens (tertiary/aromatic N) is 1. The Hall–Kier alpha value is -2.63. The first kappa shape index (κ1) is 18.7. The minimum Gasteiger partial charge on any atom is -0.465 e. The molecule has 0 saturated heterocycles. The van der Waals surface area contributed by atoms with E-state index >= 15 is 0 Å². The molecule has 1 aromatic heterocycles. The van der Waals surface area contributed by atoms with Crippen LogP contribution in [0.4, 0.5) is 0 Å². The zero-order chi connectivity index (χ0) is 18.8. The molecule has 0 fully saturated rings. The molecule has 0 aliphatic heterocycles. The van der Waals surface area contributed by atoms with Gasteiger partial charge in [-0.1, -0.05) is 13.0 Å². The van der Waals surface area contributed by atoms with E-state index in [9.17, 15) is 14.4 Å². The quantitative estimate of drug-likeness (QED) is 0.865. The molecule has 0 bridgehead atoms. The Morgan fingerprint density at radius 1 is 1.24 bits per heavy atom. The van der Waals surface area contributed by atoms with Crippen LogP contribution in [0.25, 0.3) is 10.8 Å². The molecule has 1 unspecified atom stereocenters. The highest BCUT2D eigenvalue weighted by Gasteiger charge is 2.24. The fourth-order valence-corrected chi connectivity index (χ4v) is 2.71. The molecule has 0 spiro atoms. The van der Waals surface area contributed by atoms with Gasteiger partial charge in [0.15, 0.2) is 0 Å². The number of hydrogen-bond acceptors (Lipinski definition) is 4. The van der Waals surface area contributed by atoms with Crippen molar-refractivity contribution in [2.75, 3.05) is 7.11 Å². The van der Waals surface area contributed by atoms with Gasteiger partial charge in [0.2, 0.25) is 5.91 Å². The van der Waals surface area contributed by atoms with Crippen LogP contribution < -0.4 is 10.9 Å². The van der Waals surface area contributed by atoms with Crippen LogP contribution >= 0.6 is 0 Å². The number of amides is 1. The van der Waals surface area contributed by atoms with E-state index in [1.807, 2.05) is 27.7 Å². The van der Waals surface area contributed by atoms with Crippen LogP contribution in [0.3, 0.4) is 0 Å². The zero-order valence-electron chi connectivity index (χ0n) is 15.3. The van der Waals surface area contributed by atoms with Gasteiger partial charge in [-0.05, 0) is 50.8 Å². The maximum absolute atomic E-state index is 12.9. The molecule has 0 radical (unpaired) electrons. The number of aromatic nitrogens is 1. The van der Waals surface area contributed by atoms with Gasteiger partial charge < -0.3 is 14.6 Å². The third-order valence-electron chi connectivity index (χ3n) is 3.88. The summed E-state index contributed by atoms with van der Waals surface area (Å²) >= 11 is 0. The van der Waals surface area contributed by atoms with E-state index in [-0.39, 0.29) is 17.0 Å². The van der Waals surface area contributed by atoms with Gasteiger partial charge in [0.25, 0.3) is 5.56 Å². The molecule has 1 amide bonds. The van der Waals surface area contributed by atoms with Crippen LogP contribution in [0, 0.1) is 0 Å². The lowest BCUT2D eigenvalue weighted by molar-refractivity contribution is -0.125. The Bertz CT molecular complexity index is 862. The molecule has 25 heavy (non-hydrogen) atoms. The van der Waals surface area contributed by atoms with Gasteiger partial charge in [-0.2, -0.15) is 0 Å². The molecule has 6 nitrogen and oxygen atoms in total. The number of carbonyl (C=O) groups excluding carboxylic acids is 2. The topological polar surface area (TPSA) is 77.4 Å². The number of nitrogens with one attached hydrogen (secondary N) is 1. The fraction of sp³-hybridized carbons (Fsp3) is 0.421. The fourth-order valence-electron chi connectivity index (χ4n) is 2.71. The number of fused-ring (bicyclic) bond motifs is 1. The van der Waals surface area contributed by atoms with Crippen LogP contribution in [0.1, 0.15) is 50.5 Å². The van der Waals surface area contributed by atoms with Gasteiger partial charge in [-0.3, -0.25) is 9.59 Å². The summed E-state index contributed by atoms with van der Waals surface area (Å²) in [5, 5.41) is 4.00.